The van der Waals surface area contributed by atoms with Crippen molar-refractivity contribution in [2.75, 3.05) is 12.8 Å². The number of rotatable bonds is 2. The van der Waals surface area contributed by atoms with E-state index in [-0.39, 0.29) is 11.3 Å². The summed E-state index contributed by atoms with van der Waals surface area (Å²) < 4.78 is 7.18. The Bertz CT molecular complexity index is 965. The quantitative estimate of drug-likeness (QED) is 0.511. The molecule has 0 bridgehead atoms. The van der Waals surface area contributed by atoms with Gasteiger partial charge >= 0.3 is 5.97 Å². The summed E-state index contributed by atoms with van der Waals surface area (Å²) >= 11 is 2.17. The zero-order chi connectivity index (χ0) is 16.6. The third-order valence-corrected chi connectivity index (χ3v) is 4.25. The fourth-order valence-electron chi connectivity index (χ4n) is 2.52. The molecule has 0 saturated carbocycles. The molecule has 0 aliphatic rings. The summed E-state index contributed by atoms with van der Waals surface area (Å²) in [6.45, 7) is 0. The van der Waals surface area contributed by atoms with Crippen molar-refractivity contribution >= 4 is 45.2 Å². The predicted molar refractivity (Wildman–Crippen MR) is 98.0 cm³/mol. The maximum atomic E-state index is 12.9. The van der Waals surface area contributed by atoms with Crippen molar-refractivity contribution in [1.29, 1.82) is 0 Å². The van der Waals surface area contributed by atoms with Crippen LogP contribution in [0.1, 0.15) is 10.4 Å². The third kappa shape index (κ3) is 2.59. The van der Waals surface area contributed by atoms with Gasteiger partial charge in [-0.2, -0.15) is 0 Å². The van der Waals surface area contributed by atoms with E-state index in [1.807, 2.05) is 30.3 Å². The monoisotopic (exact) mass is 420 g/mol. The smallest absolute Gasteiger partial charge is 0.345 e. The van der Waals surface area contributed by atoms with Crippen molar-refractivity contribution in [1.82, 2.24) is 4.57 Å². The van der Waals surface area contributed by atoms with Crippen LogP contribution in [-0.2, 0) is 4.74 Å². The van der Waals surface area contributed by atoms with Crippen LogP contribution in [0.2, 0.25) is 0 Å². The minimum atomic E-state index is -0.738. The van der Waals surface area contributed by atoms with Gasteiger partial charge in [0.25, 0.3) is 5.56 Å². The second-order valence-corrected chi connectivity index (χ2v) is 6.16. The van der Waals surface area contributed by atoms with Gasteiger partial charge in [-0.15, -0.1) is 0 Å². The van der Waals surface area contributed by atoms with E-state index in [2.05, 4.69) is 22.6 Å². The number of para-hydroxylation sites is 1. The minimum absolute atomic E-state index is 0.139. The largest absolute Gasteiger partial charge is 0.465 e. The molecule has 116 valence electrons. The zero-order valence-corrected chi connectivity index (χ0v) is 14.4. The lowest BCUT2D eigenvalue weighted by Crippen LogP contribution is -2.28. The van der Waals surface area contributed by atoms with Gasteiger partial charge < -0.3 is 10.5 Å². The number of anilines is 1. The summed E-state index contributed by atoms with van der Waals surface area (Å²) in [5.74, 6) is -0.738. The zero-order valence-electron chi connectivity index (χ0n) is 12.2. The average Bonchev–Trinajstić information content (AvgIpc) is 2.55. The Kier molecular flexibility index (Phi) is 4.08. The van der Waals surface area contributed by atoms with E-state index in [0.717, 1.165) is 3.57 Å². The van der Waals surface area contributed by atoms with Gasteiger partial charge in [-0.25, -0.2) is 4.79 Å². The Hall–Kier alpha value is -2.35. The molecule has 0 atom stereocenters. The molecule has 1 aromatic heterocycles. The Morgan fingerprint density at radius 2 is 1.87 bits per heavy atom. The van der Waals surface area contributed by atoms with Gasteiger partial charge in [0.1, 0.15) is 5.56 Å². The number of methoxy groups -OCH3 is 1. The molecule has 0 radical (unpaired) electrons. The number of hydrogen-bond acceptors (Lipinski definition) is 4. The third-order valence-electron chi connectivity index (χ3n) is 3.58. The standard InChI is InChI=1S/C17H13IN2O3/c1-23-17(22)14-15(19)12-8-7-10(18)9-13(12)20(16(14)21)11-5-3-2-4-6-11/h2-9H,19H2,1H3. The van der Waals surface area contributed by atoms with Crippen molar-refractivity contribution in [3.63, 3.8) is 0 Å². The molecule has 0 aliphatic carbocycles. The molecule has 1 heterocycles. The lowest BCUT2D eigenvalue weighted by Gasteiger charge is -2.15. The molecule has 2 aromatic carbocycles. The first-order chi connectivity index (χ1) is 11.0. The van der Waals surface area contributed by atoms with Crippen LogP contribution in [0, 0.1) is 3.57 Å². The summed E-state index contributed by atoms with van der Waals surface area (Å²) in [6.07, 6.45) is 0. The second-order valence-electron chi connectivity index (χ2n) is 4.92. The summed E-state index contributed by atoms with van der Waals surface area (Å²) in [7, 11) is 1.23. The molecule has 0 unspecified atom stereocenters. The normalized spacial score (nSPS) is 10.7. The number of aromatic nitrogens is 1. The number of hydrogen-bond donors (Lipinski definition) is 1. The van der Waals surface area contributed by atoms with Gasteiger partial charge in [-0.1, -0.05) is 18.2 Å². The van der Waals surface area contributed by atoms with E-state index in [0.29, 0.717) is 16.6 Å². The van der Waals surface area contributed by atoms with Crippen LogP contribution in [-0.4, -0.2) is 17.6 Å². The first kappa shape index (κ1) is 15.5. The van der Waals surface area contributed by atoms with Gasteiger partial charge in [0.15, 0.2) is 0 Å². The fraction of sp³-hybridized carbons (Fsp3) is 0.0588. The fourth-order valence-corrected chi connectivity index (χ4v) is 3.00. The molecule has 0 fully saturated rings. The number of carbonyl (C=O) groups is 1. The number of pyridine rings is 1. The van der Waals surface area contributed by atoms with Gasteiger partial charge in [0, 0.05) is 14.6 Å². The van der Waals surface area contributed by atoms with Crippen LogP contribution in [0.4, 0.5) is 5.69 Å². The molecule has 23 heavy (non-hydrogen) atoms. The number of carbonyl (C=O) groups excluding carboxylic acids is 1. The number of fused-ring (bicyclic) bond motifs is 1. The van der Waals surface area contributed by atoms with Gasteiger partial charge in [0.2, 0.25) is 0 Å². The van der Waals surface area contributed by atoms with E-state index >= 15 is 0 Å². The van der Waals surface area contributed by atoms with Crippen molar-refractivity contribution in [3.05, 3.63) is 68.0 Å². The maximum absolute atomic E-state index is 12.9. The summed E-state index contributed by atoms with van der Waals surface area (Å²) in [5, 5.41) is 0.634. The van der Waals surface area contributed by atoms with Gasteiger partial charge in [-0.3, -0.25) is 9.36 Å². The number of halogens is 1. The van der Waals surface area contributed by atoms with Gasteiger partial charge in [0.05, 0.1) is 18.3 Å². The number of esters is 1. The molecule has 0 saturated heterocycles. The highest BCUT2D eigenvalue weighted by Crippen LogP contribution is 2.26. The summed E-state index contributed by atoms with van der Waals surface area (Å²) in [5.41, 5.74) is 6.89. The second kappa shape index (κ2) is 6.04. The Morgan fingerprint density at radius 3 is 2.52 bits per heavy atom. The maximum Gasteiger partial charge on any atom is 0.345 e. The highest BCUT2D eigenvalue weighted by molar-refractivity contribution is 14.1. The van der Waals surface area contributed by atoms with Crippen LogP contribution >= 0.6 is 22.6 Å². The Balaban J connectivity index is 2.53. The average molecular weight is 420 g/mol. The number of nitrogen functional groups attached to an aromatic ring is 1. The van der Waals surface area contributed by atoms with E-state index in [1.165, 1.54) is 11.7 Å². The first-order valence-electron chi connectivity index (χ1n) is 6.82. The predicted octanol–water partition coefficient (Wildman–Crippen LogP) is 2.96. The Morgan fingerprint density at radius 1 is 1.17 bits per heavy atom. The Labute approximate surface area is 145 Å². The number of nitrogens with zero attached hydrogens (tertiary/aromatic N) is 1. The SMILES string of the molecule is COC(=O)c1c(N)c2ccc(I)cc2n(-c2ccccc2)c1=O. The molecular formula is C17H13IN2O3. The van der Waals surface area contributed by atoms with Crippen LogP contribution in [0.3, 0.4) is 0 Å². The molecule has 5 nitrogen and oxygen atoms in total. The van der Waals surface area contributed by atoms with E-state index in [9.17, 15) is 9.59 Å². The molecule has 3 rings (SSSR count). The topological polar surface area (TPSA) is 74.3 Å². The van der Waals surface area contributed by atoms with Crippen molar-refractivity contribution in [2.24, 2.45) is 0 Å². The number of nitrogens with two attached hydrogens (primary N) is 1. The number of ether oxygens (including phenoxy) is 1. The molecule has 6 heteroatoms. The molecule has 2 N–H and O–H groups in total. The van der Waals surface area contributed by atoms with E-state index in [1.54, 1.807) is 18.2 Å². The number of benzene rings is 2. The molecule has 3 aromatic rings. The van der Waals surface area contributed by atoms with Crippen molar-refractivity contribution in [2.45, 2.75) is 0 Å². The van der Waals surface area contributed by atoms with Crippen LogP contribution in [0.15, 0.2) is 53.3 Å². The molecule has 0 amide bonds. The van der Waals surface area contributed by atoms with Crippen LogP contribution in [0.5, 0.6) is 0 Å². The highest BCUT2D eigenvalue weighted by atomic mass is 127. The summed E-state index contributed by atoms with van der Waals surface area (Å²) in [6, 6.07) is 14.7. The lowest BCUT2D eigenvalue weighted by molar-refractivity contribution is 0.0600. The lowest BCUT2D eigenvalue weighted by atomic mass is 10.1. The van der Waals surface area contributed by atoms with Crippen LogP contribution < -0.4 is 11.3 Å². The van der Waals surface area contributed by atoms with Crippen molar-refractivity contribution < 1.29 is 9.53 Å². The molecule has 0 aliphatic heterocycles. The van der Waals surface area contributed by atoms with E-state index < -0.39 is 11.5 Å². The van der Waals surface area contributed by atoms with Gasteiger partial charge in [-0.05, 0) is 52.9 Å². The first-order valence-corrected chi connectivity index (χ1v) is 7.90. The van der Waals surface area contributed by atoms with Crippen LogP contribution in [0.25, 0.3) is 16.6 Å². The molecule has 0 spiro atoms. The minimum Gasteiger partial charge on any atom is -0.465 e. The molecular weight excluding hydrogens is 407 g/mol. The van der Waals surface area contributed by atoms with Crippen molar-refractivity contribution in [3.8, 4) is 5.69 Å². The highest BCUT2D eigenvalue weighted by Gasteiger charge is 2.22. The summed E-state index contributed by atoms with van der Waals surface area (Å²) in [4.78, 5) is 24.9. The van der Waals surface area contributed by atoms with E-state index in [4.69, 9.17) is 10.5 Å².